The summed E-state index contributed by atoms with van der Waals surface area (Å²) in [4.78, 5) is 19.1. The maximum atomic E-state index is 11.7. The lowest BCUT2D eigenvalue weighted by atomic mass is 9.99. The van der Waals surface area contributed by atoms with E-state index in [2.05, 4.69) is 19.2 Å². The van der Waals surface area contributed by atoms with Crippen LogP contribution in [0.5, 0.6) is 0 Å². The predicted octanol–water partition coefficient (Wildman–Crippen LogP) is 3.67. The van der Waals surface area contributed by atoms with Gasteiger partial charge in [0.2, 0.25) is 0 Å². The van der Waals surface area contributed by atoms with E-state index in [1.165, 1.54) is 0 Å². The van der Waals surface area contributed by atoms with Gasteiger partial charge in [-0.1, -0.05) is 63.4 Å². The van der Waals surface area contributed by atoms with Gasteiger partial charge >= 0.3 is 7.60 Å². The van der Waals surface area contributed by atoms with E-state index in [1.54, 1.807) is 24.3 Å². The molecule has 0 aliphatic carbocycles. The number of nitrogens with one attached hydrogen (secondary N) is 1. The van der Waals surface area contributed by atoms with Gasteiger partial charge in [0.25, 0.3) is 0 Å². The molecule has 4 nitrogen and oxygen atoms in total. The normalized spacial score (nSPS) is 15.0. The molecule has 0 aliphatic rings. The maximum Gasteiger partial charge on any atom is 0.346 e. The van der Waals surface area contributed by atoms with Crippen molar-refractivity contribution in [2.75, 3.05) is 6.54 Å². The van der Waals surface area contributed by atoms with Crippen molar-refractivity contribution in [1.29, 1.82) is 0 Å². The summed E-state index contributed by atoms with van der Waals surface area (Å²) in [5, 5.41) is 3.07. The Balaban J connectivity index is 2.70. The van der Waals surface area contributed by atoms with Crippen LogP contribution in [0, 0.1) is 5.92 Å². The van der Waals surface area contributed by atoms with Gasteiger partial charge in [0, 0.05) is 0 Å². The molecule has 0 fully saturated rings. The molecular formula is C15H26NO3P. The highest BCUT2D eigenvalue weighted by molar-refractivity contribution is 7.52. The van der Waals surface area contributed by atoms with Gasteiger partial charge in [0.05, 0.1) is 0 Å². The minimum absolute atomic E-state index is 0.465. The number of benzene rings is 1. The molecule has 0 saturated heterocycles. The van der Waals surface area contributed by atoms with Crippen LogP contribution in [0.25, 0.3) is 0 Å². The zero-order valence-corrected chi connectivity index (χ0v) is 13.2. The summed E-state index contributed by atoms with van der Waals surface area (Å²) in [6, 6.07) is 8.95. The van der Waals surface area contributed by atoms with Crippen LogP contribution >= 0.6 is 7.60 Å². The number of unbranched alkanes of at least 4 members (excludes halogenated alkanes) is 1. The topological polar surface area (TPSA) is 69.6 Å². The molecule has 2 atom stereocenters. The molecule has 1 aromatic rings. The molecule has 5 heteroatoms. The van der Waals surface area contributed by atoms with Crippen LogP contribution in [-0.2, 0) is 4.57 Å². The quantitative estimate of drug-likeness (QED) is 0.608. The van der Waals surface area contributed by atoms with Crippen LogP contribution in [0.3, 0.4) is 0 Å². The second-order valence-electron chi connectivity index (χ2n) is 5.23. The molecule has 1 aromatic carbocycles. The van der Waals surface area contributed by atoms with Crippen molar-refractivity contribution in [1.82, 2.24) is 5.32 Å². The van der Waals surface area contributed by atoms with E-state index < -0.39 is 13.4 Å². The lowest BCUT2D eigenvalue weighted by Gasteiger charge is -2.23. The van der Waals surface area contributed by atoms with Crippen molar-refractivity contribution in [2.24, 2.45) is 5.92 Å². The minimum Gasteiger partial charge on any atom is -0.323 e. The van der Waals surface area contributed by atoms with Crippen molar-refractivity contribution in [3.05, 3.63) is 35.9 Å². The Hall–Kier alpha value is -0.670. The van der Waals surface area contributed by atoms with Gasteiger partial charge in [-0.15, -0.1) is 0 Å². The van der Waals surface area contributed by atoms with E-state index in [1.807, 2.05) is 6.07 Å². The molecule has 0 spiro atoms. The molecule has 114 valence electrons. The molecule has 1 rings (SSSR count). The van der Waals surface area contributed by atoms with Gasteiger partial charge in [-0.25, -0.2) is 0 Å². The highest BCUT2D eigenvalue weighted by atomic mass is 31.2. The van der Waals surface area contributed by atoms with Gasteiger partial charge in [0.1, 0.15) is 5.78 Å². The van der Waals surface area contributed by atoms with Crippen molar-refractivity contribution in [2.45, 2.75) is 45.3 Å². The van der Waals surface area contributed by atoms with Crippen molar-refractivity contribution < 1.29 is 14.4 Å². The molecule has 0 radical (unpaired) electrons. The summed E-state index contributed by atoms with van der Waals surface area (Å²) >= 11 is 0. The van der Waals surface area contributed by atoms with Crippen LogP contribution in [-0.4, -0.2) is 16.3 Å². The molecule has 0 aliphatic heterocycles. The molecular weight excluding hydrogens is 273 g/mol. The first kappa shape index (κ1) is 17.4. The van der Waals surface area contributed by atoms with Crippen LogP contribution in [0.15, 0.2) is 30.3 Å². The molecule has 0 aromatic heterocycles. The van der Waals surface area contributed by atoms with E-state index in [4.69, 9.17) is 0 Å². The Labute approximate surface area is 121 Å². The summed E-state index contributed by atoms with van der Waals surface area (Å²) in [5.74, 6) is -0.438. The van der Waals surface area contributed by atoms with Crippen molar-refractivity contribution >= 4 is 7.60 Å². The molecule has 3 N–H and O–H groups in total. The Bertz CT molecular complexity index is 418. The fraction of sp³-hybridized carbons (Fsp3) is 0.600. The molecule has 0 amide bonds. The molecule has 20 heavy (non-hydrogen) atoms. The van der Waals surface area contributed by atoms with Gasteiger partial charge in [-0.2, -0.15) is 0 Å². The third-order valence-corrected chi connectivity index (χ3v) is 4.75. The number of rotatable bonds is 9. The summed E-state index contributed by atoms with van der Waals surface area (Å²) in [6.07, 6.45) is 4.43. The Morgan fingerprint density at radius 1 is 1.20 bits per heavy atom. The molecule has 0 saturated carbocycles. The highest BCUT2D eigenvalue weighted by Gasteiger charge is 2.30. The van der Waals surface area contributed by atoms with Crippen LogP contribution in [0.4, 0.5) is 0 Å². The summed E-state index contributed by atoms with van der Waals surface area (Å²) in [5.41, 5.74) is 0.645. The second kappa shape index (κ2) is 8.58. The van der Waals surface area contributed by atoms with Crippen molar-refractivity contribution in [3.8, 4) is 0 Å². The Morgan fingerprint density at radius 2 is 1.85 bits per heavy atom. The van der Waals surface area contributed by atoms with Gasteiger partial charge in [-0.05, 0) is 24.4 Å². The lowest BCUT2D eigenvalue weighted by molar-refractivity contribution is 0.336. The van der Waals surface area contributed by atoms with Crippen LogP contribution in [0.2, 0.25) is 0 Å². The minimum atomic E-state index is -4.20. The SMILES string of the molecule is CCCCC(CC)CNC(c1ccccc1)P(=O)(O)O. The largest absolute Gasteiger partial charge is 0.346 e. The van der Waals surface area contributed by atoms with E-state index in [9.17, 15) is 14.4 Å². The zero-order chi connectivity index (χ0) is 15.0. The lowest BCUT2D eigenvalue weighted by Crippen LogP contribution is -2.27. The molecule has 0 heterocycles. The fourth-order valence-electron chi connectivity index (χ4n) is 2.29. The van der Waals surface area contributed by atoms with E-state index >= 15 is 0 Å². The first-order chi connectivity index (χ1) is 9.49. The fourth-order valence-corrected chi connectivity index (χ4v) is 3.19. The van der Waals surface area contributed by atoms with Gasteiger partial charge < -0.3 is 9.79 Å². The maximum absolute atomic E-state index is 11.7. The molecule has 0 bridgehead atoms. The third-order valence-electron chi connectivity index (χ3n) is 3.59. The zero-order valence-electron chi connectivity index (χ0n) is 12.3. The van der Waals surface area contributed by atoms with E-state index in [0.29, 0.717) is 18.0 Å². The smallest absolute Gasteiger partial charge is 0.323 e. The van der Waals surface area contributed by atoms with E-state index in [-0.39, 0.29) is 0 Å². The Kier molecular flexibility index (Phi) is 7.46. The summed E-state index contributed by atoms with van der Waals surface area (Å²) in [7, 11) is -4.20. The van der Waals surface area contributed by atoms with Crippen LogP contribution < -0.4 is 5.32 Å². The average molecular weight is 299 g/mol. The van der Waals surface area contributed by atoms with E-state index in [0.717, 1.165) is 25.7 Å². The molecule has 2 unspecified atom stereocenters. The van der Waals surface area contributed by atoms with Crippen molar-refractivity contribution in [3.63, 3.8) is 0 Å². The first-order valence-electron chi connectivity index (χ1n) is 7.32. The summed E-state index contributed by atoms with van der Waals surface area (Å²) in [6.45, 7) is 4.92. The van der Waals surface area contributed by atoms with Crippen LogP contribution in [0.1, 0.15) is 50.9 Å². The predicted molar refractivity (Wildman–Crippen MR) is 82.5 cm³/mol. The summed E-state index contributed by atoms with van der Waals surface area (Å²) < 4.78 is 11.7. The number of hydrogen-bond acceptors (Lipinski definition) is 2. The highest BCUT2D eigenvalue weighted by Crippen LogP contribution is 2.49. The third kappa shape index (κ3) is 5.76. The number of hydrogen-bond donors (Lipinski definition) is 3. The van der Waals surface area contributed by atoms with Gasteiger partial charge in [0.15, 0.2) is 0 Å². The monoisotopic (exact) mass is 299 g/mol. The second-order valence-corrected chi connectivity index (χ2v) is 6.92. The van der Waals surface area contributed by atoms with Gasteiger partial charge in [-0.3, -0.25) is 9.88 Å². The standard InChI is InChI=1S/C15H26NO3P/c1-3-5-9-13(4-2)12-16-15(20(17,18)19)14-10-7-6-8-11-14/h6-8,10-11,13,15-16H,3-5,9,12H2,1-2H3,(H2,17,18,19). The average Bonchev–Trinajstić information content (AvgIpc) is 2.42. The Morgan fingerprint density at radius 3 is 2.35 bits per heavy atom. The first-order valence-corrected chi connectivity index (χ1v) is 9.00.